The molecular weight excluding hydrogens is 382 g/mol. The summed E-state index contributed by atoms with van der Waals surface area (Å²) in [6, 6.07) is 9.96. The van der Waals surface area contributed by atoms with E-state index >= 15 is 0 Å². The fourth-order valence-electron chi connectivity index (χ4n) is 4.49. The smallest absolute Gasteiger partial charge is 0.223 e. The van der Waals surface area contributed by atoms with Gasteiger partial charge in [-0.25, -0.2) is 0 Å². The predicted octanol–water partition coefficient (Wildman–Crippen LogP) is 4.14. The van der Waals surface area contributed by atoms with Gasteiger partial charge in [0.2, 0.25) is 5.91 Å². The molecule has 2 aromatic rings. The van der Waals surface area contributed by atoms with Crippen molar-refractivity contribution in [3.05, 3.63) is 47.5 Å². The summed E-state index contributed by atoms with van der Waals surface area (Å²) in [6.07, 6.45) is 1.32. The Labute approximate surface area is 178 Å². The number of phenols is 2. The van der Waals surface area contributed by atoms with Crippen molar-refractivity contribution in [1.82, 2.24) is 4.90 Å². The number of hydrogen-bond donors (Lipinski definition) is 2. The highest BCUT2D eigenvalue weighted by Crippen LogP contribution is 2.43. The molecule has 1 heterocycles. The Morgan fingerprint density at radius 3 is 2.27 bits per heavy atom. The quantitative estimate of drug-likeness (QED) is 0.744. The second-order valence-electron chi connectivity index (χ2n) is 8.36. The number of piperidine rings is 1. The number of rotatable bonds is 6. The minimum Gasteiger partial charge on any atom is -0.508 e. The van der Waals surface area contributed by atoms with E-state index in [1.165, 1.54) is 20.3 Å². The molecule has 0 aromatic heterocycles. The first-order valence-electron chi connectivity index (χ1n) is 10.3. The molecule has 0 saturated carbocycles. The van der Waals surface area contributed by atoms with Crippen LogP contribution in [0, 0.1) is 11.8 Å². The average Bonchev–Trinajstić information content (AvgIpc) is 2.71. The molecule has 1 aliphatic rings. The summed E-state index contributed by atoms with van der Waals surface area (Å²) in [4.78, 5) is 15.2. The van der Waals surface area contributed by atoms with E-state index in [1.807, 2.05) is 4.90 Å². The maximum atomic E-state index is 13.3. The molecule has 6 heteroatoms. The van der Waals surface area contributed by atoms with Crippen LogP contribution in [0.4, 0.5) is 0 Å². The summed E-state index contributed by atoms with van der Waals surface area (Å²) in [5, 5.41) is 20.5. The Bertz CT molecular complexity index is 870. The summed E-state index contributed by atoms with van der Waals surface area (Å²) in [7, 11) is 3.05. The monoisotopic (exact) mass is 413 g/mol. The van der Waals surface area contributed by atoms with Gasteiger partial charge >= 0.3 is 0 Å². The third-order valence-electron chi connectivity index (χ3n) is 5.79. The molecule has 0 aliphatic carbocycles. The zero-order chi connectivity index (χ0) is 21.8. The Morgan fingerprint density at radius 1 is 1.07 bits per heavy atom. The van der Waals surface area contributed by atoms with Gasteiger partial charge in [-0.3, -0.25) is 4.79 Å². The van der Waals surface area contributed by atoms with Crippen LogP contribution in [0.25, 0.3) is 0 Å². The average molecular weight is 414 g/mol. The molecule has 1 fully saturated rings. The van der Waals surface area contributed by atoms with E-state index in [-0.39, 0.29) is 23.8 Å². The van der Waals surface area contributed by atoms with Gasteiger partial charge in [-0.1, -0.05) is 26.0 Å². The number of carbonyl (C=O) groups is 1. The van der Waals surface area contributed by atoms with Crippen LogP contribution in [0.3, 0.4) is 0 Å². The van der Waals surface area contributed by atoms with E-state index in [0.29, 0.717) is 28.9 Å². The van der Waals surface area contributed by atoms with Crippen LogP contribution in [0.5, 0.6) is 23.0 Å². The van der Waals surface area contributed by atoms with Gasteiger partial charge in [0.05, 0.1) is 14.2 Å². The number of nitrogens with zero attached hydrogens (tertiary/aromatic N) is 1. The lowest BCUT2D eigenvalue weighted by Crippen LogP contribution is -2.43. The van der Waals surface area contributed by atoms with Crippen LogP contribution in [0.15, 0.2) is 36.4 Å². The molecule has 6 nitrogen and oxygen atoms in total. The van der Waals surface area contributed by atoms with Gasteiger partial charge in [0, 0.05) is 43.1 Å². The standard InChI is InChI=1S/C24H31NO5/c1-15-9-16(2)14-25(13-15)23(28)12-20(17-5-7-18(26)8-6-17)24-21(27)10-19(29-3)11-22(24)30-4/h5-8,10-11,15-16,20,26-27H,9,12-14H2,1-4H3. The van der Waals surface area contributed by atoms with Crippen LogP contribution < -0.4 is 9.47 Å². The molecule has 162 valence electrons. The van der Waals surface area contributed by atoms with E-state index in [9.17, 15) is 15.0 Å². The largest absolute Gasteiger partial charge is 0.508 e. The number of likely N-dealkylation sites (tertiary alicyclic amines) is 1. The summed E-state index contributed by atoms with van der Waals surface area (Å²) in [6.45, 7) is 5.84. The molecule has 0 radical (unpaired) electrons. The SMILES string of the molecule is COc1cc(O)c(C(CC(=O)N2CC(C)CC(C)C2)c2ccc(O)cc2)c(OC)c1. The number of methoxy groups -OCH3 is 2. The van der Waals surface area contributed by atoms with Crippen molar-refractivity contribution < 1.29 is 24.5 Å². The lowest BCUT2D eigenvalue weighted by molar-refractivity contribution is -0.134. The normalized spacial score (nSPS) is 19.9. The van der Waals surface area contributed by atoms with Crippen LogP contribution in [-0.2, 0) is 4.79 Å². The third-order valence-corrected chi connectivity index (χ3v) is 5.79. The maximum absolute atomic E-state index is 13.3. The van der Waals surface area contributed by atoms with E-state index in [2.05, 4.69) is 13.8 Å². The first kappa shape index (κ1) is 21.8. The number of ether oxygens (including phenoxy) is 2. The van der Waals surface area contributed by atoms with Crippen LogP contribution in [0.1, 0.15) is 43.7 Å². The molecule has 1 aliphatic heterocycles. The first-order chi connectivity index (χ1) is 14.3. The highest BCUT2D eigenvalue weighted by atomic mass is 16.5. The van der Waals surface area contributed by atoms with Gasteiger partial charge in [-0.15, -0.1) is 0 Å². The van der Waals surface area contributed by atoms with Crippen molar-refractivity contribution in [1.29, 1.82) is 0 Å². The summed E-state index contributed by atoms with van der Waals surface area (Å²) >= 11 is 0. The van der Waals surface area contributed by atoms with Gasteiger partial charge < -0.3 is 24.6 Å². The Kier molecular flexibility index (Phi) is 6.75. The topological polar surface area (TPSA) is 79.2 Å². The fraction of sp³-hybridized carbons (Fsp3) is 0.458. The zero-order valence-corrected chi connectivity index (χ0v) is 18.1. The summed E-state index contributed by atoms with van der Waals surface area (Å²) in [5.41, 5.74) is 1.36. The molecule has 0 bridgehead atoms. The number of hydrogen-bond acceptors (Lipinski definition) is 5. The number of amides is 1. The minimum atomic E-state index is -0.425. The highest BCUT2D eigenvalue weighted by Gasteiger charge is 2.30. The van der Waals surface area contributed by atoms with E-state index in [1.54, 1.807) is 30.3 Å². The molecule has 3 atom stereocenters. The molecular formula is C24H31NO5. The van der Waals surface area contributed by atoms with E-state index in [4.69, 9.17) is 9.47 Å². The van der Waals surface area contributed by atoms with E-state index in [0.717, 1.165) is 25.1 Å². The minimum absolute atomic E-state index is 0.0115. The zero-order valence-electron chi connectivity index (χ0n) is 18.1. The Hall–Kier alpha value is -2.89. The molecule has 3 unspecified atom stereocenters. The Balaban J connectivity index is 2.00. The third kappa shape index (κ3) is 4.81. The van der Waals surface area contributed by atoms with Gasteiger partial charge in [0.15, 0.2) is 0 Å². The van der Waals surface area contributed by atoms with Crippen molar-refractivity contribution in [2.24, 2.45) is 11.8 Å². The van der Waals surface area contributed by atoms with Crippen LogP contribution in [-0.4, -0.2) is 48.3 Å². The molecule has 2 aromatic carbocycles. The second-order valence-corrected chi connectivity index (χ2v) is 8.36. The van der Waals surface area contributed by atoms with E-state index < -0.39 is 5.92 Å². The highest BCUT2D eigenvalue weighted by molar-refractivity contribution is 5.78. The molecule has 1 amide bonds. The molecule has 0 spiro atoms. The van der Waals surface area contributed by atoms with Crippen molar-refractivity contribution in [2.75, 3.05) is 27.3 Å². The molecule has 3 rings (SSSR count). The lowest BCUT2D eigenvalue weighted by Gasteiger charge is -2.36. The summed E-state index contributed by atoms with van der Waals surface area (Å²) < 4.78 is 10.8. The number of aromatic hydroxyl groups is 2. The van der Waals surface area contributed by atoms with Gasteiger partial charge in [-0.2, -0.15) is 0 Å². The van der Waals surface area contributed by atoms with Crippen LogP contribution in [0.2, 0.25) is 0 Å². The first-order valence-corrected chi connectivity index (χ1v) is 10.3. The number of phenolic OH excluding ortho intramolecular Hbond substituents is 2. The number of benzene rings is 2. The van der Waals surface area contributed by atoms with Gasteiger partial charge in [0.25, 0.3) is 0 Å². The number of carbonyl (C=O) groups excluding carboxylic acids is 1. The van der Waals surface area contributed by atoms with Crippen molar-refractivity contribution in [2.45, 2.75) is 32.6 Å². The summed E-state index contributed by atoms with van der Waals surface area (Å²) in [5.74, 6) is 1.64. The van der Waals surface area contributed by atoms with Crippen LogP contribution >= 0.6 is 0 Å². The lowest BCUT2D eigenvalue weighted by atomic mass is 9.85. The van der Waals surface area contributed by atoms with Crippen molar-refractivity contribution in [3.63, 3.8) is 0 Å². The van der Waals surface area contributed by atoms with Crippen molar-refractivity contribution >= 4 is 5.91 Å². The van der Waals surface area contributed by atoms with Gasteiger partial charge in [0.1, 0.15) is 23.0 Å². The fourth-order valence-corrected chi connectivity index (χ4v) is 4.49. The molecule has 2 N–H and O–H groups in total. The molecule has 1 saturated heterocycles. The maximum Gasteiger partial charge on any atom is 0.223 e. The second kappa shape index (κ2) is 9.28. The Morgan fingerprint density at radius 2 is 1.70 bits per heavy atom. The predicted molar refractivity (Wildman–Crippen MR) is 115 cm³/mol. The molecule has 30 heavy (non-hydrogen) atoms. The van der Waals surface area contributed by atoms with Crippen molar-refractivity contribution in [3.8, 4) is 23.0 Å². The van der Waals surface area contributed by atoms with Gasteiger partial charge in [-0.05, 0) is 36.0 Å².